The minimum Gasteiger partial charge on any atom is -0.502 e. The van der Waals surface area contributed by atoms with Crippen LogP contribution < -0.4 is 18.9 Å². The summed E-state index contributed by atoms with van der Waals surface area (Å²) in [5, 5.41) is 32.6. The molecule has 3 fully saturated rings. The SMILES string of the molecule is COc1cc([C@@H]2c3cc4c(cc3[C@@H](OC3OC5COC(OC)OC5C(O)C3O)[C@H]3COC(=O)[C@H]23)OCO4)cc(OC)c1O. The molecule has 4 heterocycles. The molecule has 2 aromatic carbocycles. The number of ether oxygens (including phenoxy) is 10. The topological polar surface area (TPSA) is 170 Å². The molecule has 0 saturated carbocycles. The largest absolute Gasteiger partial charge is 0.502 e. The zero-order valence-corrected chi connectivity index (χ0v) is 23.5. The number of phenols is 1. The summed E-state index contributed by atoms with van der Waals surface area (Å²) >= 11 is 0. The average Bonchev–Trinajstić information content (AvgIpc) is 3.65. The third kappa shape index (κ3) is 4.56. The van der Waals surface area contributed by atoms with Gasteiger partial charge in [-0.1, -0.05) is 0 Å². The Morgan fingerprint density at radius 2 is 1.56 bits per heavy atom. The maximum Gasteiger partial charge on any atom is 0.310 e. The van der Waals surface area contributed by atoms with E-state index >= 15 is 0 Å². The molecule has 6 unspecified atom stereocenters. The first-order chi connectivity index (χ1) is 20.8. The highest BCUT2D eigenvalue weighted by Crippen LogP contribution is 2.57. The molecule has 14 nitrogen and oxygen atoms in total. The molecular formula is C29H32O14. The van der Waals surface area contributed by atoms with E-state index in [-0.39, 0.29) is 37.3 Å². The summed E-state index contributed by atoms with van der Waals surface area (Å²) < 4.78 is 56.4. The van der Waals surface area contributed by atoms with Gasteiger partial charge in [-0.15, -0.1) is 0 Å². The van der Waals surface area contributed by atoms with Gasteiger partial charge in [0.1, 0.15) is 24.4 Å². The molecule has 3 N–H and O–H groups in total. The van der Waals surface area contributed by atoms with E-state index in [0.717, 1.165) is 0 Å². The Hall–Kier alpha value is -3.37. The lowest BCUT2D eigenvalue weighted by molar-refractivity contribution is -0.404. The highest BCUT2D eigenvalue weighted by atomic mass is 16.9. The monoisotopic (exact) mass is 604 g/mol. The lowest BCUT2D eigenvalue weighted by Crippen LogP contribution is -2.63. The van der Waals surface area contributed by atoms with Crippen LogP contribution in [-0.4, -0.2) is 99.8 Å². The maximum atomic E-state index is 13.4. The second-order valence-electron chi connectivity index (χ2n) is 10.9. The smallest absolute Gasteiger partial charge is 0.310 e. The standard InChI is InChI=1S/C29H32O14/c1-34-17-4-11(5-18(35-2)22(17)30)20-12-6-15-16(40-10-39-15)7-13(12)25(14-8-37-27(33)21(14)20)42-28-24(32)23(31)26-19(41-28)9-38-29(36-3)43-26/h4-7,14,19-21,23-26,28-32H,8-10H2,1-3H3/t14-,19?,20+,21-,23?,24?,25+,26?,28?,29?/m0/s1. The van der Waals surface area contributed by atoms with Crippen LogP contribution in [0, 0.1) is 11.8 Å². The molecule has 0 amide bonds. The highest BCUT2D eigenvalue weighted by molar-refractivity contribution is 5.79. The second-order valence-corrected chi connectivity index (χ2v) is 10.9. The number of aromatic hydroxyl groups is 1. The Morgan fingerprint density at radius 1 is 0.860 bits per heavy atom. The van der Waals surface area contributed by atoms with Gasteiger partial charge in [0.2, 0.25) is 12.5 Å². The summed E-state index contributed by atoms with van der Waals surface area (Å²) in [6, 6.07) is 6.89. The molecule has 0 aromatic heterocycles. The minimum absolute atomic E-state index is 0.0202. The summed E-state index contributed by atoms with van der Waals surface area (Å²) in [7, 11) is 4.25. The molecular weight excluding hydrogens is 572 g/mol. The predicted molar refractivity (Wildman–Crippen MR) is 140 cm³/mol. The normalized spacial score (nSPS) is 35.9. The fraction of sp³-hybridized carbons (Fsp3) is 0.552. The van der Waals surface area contributed by atoms with Crippen molar-refractivity contribution in [3.63, 3.8) is 0 Å². The Labute approximate surface area is 245 Å². The van der Waals surface area contributed by atoms with Crippen LogP contribution in [0.25, 0.3) is 0 Å². The number of benzene rings is 2. The van der Waals surface area contributed by atoms with Crippen LogP contribution in [0.3, 0.4) is 0 Å². The van der Waals surface area contributed by atoms with Gasteiger partial charge in [0.05, 0.1) is 39.5 Å². The first kappa shape index (κ1) is 28.4. The van der Waals surface area contributed by atoms with Crippen molar-refractivity contribution in [1.29, 1.82) is 0 Å². The number of carbonyl (C=O) groups is 1. The number of rotatable bonds is 6. The number of hydrogen-bond donors (Lipinski definition) is 3. The number of esters is 1. The van der Waals surface area contributed by atoms with Crippen molar-refractivity contribution in [2.24, 2.45) is 11.8 Å². The molecule has 43 heavy (non-hydrogen) atoms. The van der Waals surface area contributed by atoms with Gasteiger partial charge >= 0.3 is 5.97 Å². The van der Waals surface area contributed by atoms with Crippen molar-refractivity contribution in [2.45, 2.75) is 49.2 Å². The Morgan fingerprint density at radius 3 is 2.23 bits per heavy atom. The van der Waals surface area contributed by atoms with Gasteiger partial charge in [0.25, 0.3) is 6.48 Å². The van der Waals surface area contributed by atoms with Crippen LogP contribution in [0.1, 0.15) is 28.7 Å². The van der Waals surface area contributed by atoms with E-state index < -0.39 is 67.0 Å². The highest BCUT2D eigenvalue weighted by Gasteiger charge is 2.56. The van der Waals surface area contributed by atoms with E-state index in [0.29, 0.717) is 28.2 Å². The van der Waals surface area contributed by atoms with Gasteiger partial charge in [-0.2, -0.15) is 0 Å². The Kier molecular flexibility index (Phi) is 7.24. The molecule has 2 aromatic rings. The lowest BCUT2D eigenvalue weighted by Gasteiger charge is -2.47. The second kappa shape index (κ2) is 11.0. The van der Waals surface area contributed by atoms with E-state index in [2.05, 4.69) is 0 Å². The first-order valence-electron chi connectivity index (χ1n) is 13.8. The predicted octanol–water partition coefficient (Wildman–Crippen LogP) is 0.923. The summed E-state index contributed by atoms with van der Waals surface area (Å²) in [5.41, 5.74) is 1.97. The van der Waals surface area contributed by atoms with E-state index in [1.54, 1.807) is 24.3 Å². The van der Waals surface area contributed by atoms with E-state index in [1.807, 2.05) is 0 Å². The minimum atomic E-state index is -1.49. The van der Waals surface area contributed by atoms with Gasteiger partial charge in [-0.3, -0.25) is 4.79 Å². The lowest BCUT2D eigenvalue weighted by atomic mass is 9.66. The van der Waals surface area contributed by atoms with Gasteiger partial charge in [0.15, 0.2) is 29.3 Å². The van der Waals surface area contributed by atoms with Crippen LogP contribution in [0.15, 0.2) is 24.3 Å². The van der Waals surface area contributed by atoms with Crippen LogP contribution in [-0.2, 0) is 33.2 Å². The number of hydrogen-bond acceptors (Lipinski definition) is 14. The van der Waals surface area contributed by atoms with Crippen LogP contribution in [0.2, 0.25) is 0 Å². The molecule has 14 heteroatoms. The zero-order chi connectivity index (χ0) is 30.0. The summed E-state index contributed by atoms with van der Waals surface area (Å²) in [5.74, 6) is -1.14. The van der Waals surface area contributed by atoms with E-state index in [1.165, 1.54) is 21.3 Å². The summed E-state index contributed by atoms with van der Waals surface area (Å²) in [6.45, 7) is -0.918. The number of methoxy groups -OCH3 is 3. The van der Waals surface area contributed by atoms with Crippen molar-refractivity contribution in [3.8, 4) is 28.7 Å². The summed E-state index contributed by atoms with van der Waals surface area (Å²) in [6.07, 6.45) is -6.64. The Bertz CT molecular complexity index is 1370. The number of phenolic OH excluding ortho intramolecular Hbond substituents is 1. The van der Waals surface area contributed by atoms with Crippen molar-refractivity contribution in [2.75, 3.05) is 41.3 Å². The molecule has 10 atom stereocenters. The summed E-state index contributed by atoms with van der Waals surface area (Å²) in [4.78, 5) is 13.4. The molecule has 0 radical (unpaired) electrons. The third-order valence-electron chi connectivity index (χ3n) is 8.76. The van der Waals surface area contributed by atoms with Crippen molar-refractivity contribution < 1.29 is 67.5 Å². The number of fused-ring (bicyclic) bond motifs is 4. The first-order valence-corrected chi connectivity index (χ1v) is 13.8. The molecule has 232 valence electrons. The number of cyclic esters (lactones) is 1. The fourth-order valence-electron chi connectivity index (χ4n) is 6.71. The van der Waals surface area contributed by atoms with Crippen LogP contribution in [0.4, 0.5) is 0 Å². The van der Waals surface area contributed by atoms with Gasteiger partial charge in [-0.25, -0.2) is 0 Å². The molecule has 3 saturated heterocycles. The molecule has 7 rings (SSSR count). The molecule has 4 aliphatic heterocycles. The molecule has 5 aliphatic rings. The van der Waals surface area contributed by atoms with E-state index in [4.69, 9.17) is 47.4 Å². The van der Waals surface area contributed by atoms with Crippen molar-refractivity contribution >= 4 is 5.97 Å². The van der Waals surface area contributed by atoms with Gasteiger partial charge in [-0.05, 0) is 41.0 Å². The van der Waals surface area contributed by atoms with Crippen molar-refractivity contribution in [3.05, 3.63) is 41.0 Å². The van der Waals surface area contributed by atoms with Crippen molar-refractivity contribution in [1.82, 2.24) is 0 Å². The zero-order valence-electron chi connectivity index (χ0n) is 23.5. The fourth-order valence-corrected chi connectivity index (χ4v) is 6.71. The maximum absolute atomic E-state index is 13.4. The molecule has 0 spiro atoms. The number of aliphatic hydroxyl groups excluding tert-OH is 2. The quantitative estimate of drug-likeness (QED) is 0.398. The average molecular weight is 605 g/mol. The number of carbonyl (C=O) groups excluding carboxylic acids is 1. The van der Waals surface area contributed by atoms with Crippen LogP contribution >= 0.6 is 0 Å². The molecule has 1 aliphatic carbocycles. The van der Waals surface area contributed by atoms with Gasteiger partial charge in [0, 0.05) is 18.9 Å². The van der Waals surface area contributed by atoms with Crippen LogP contribution in [0.5, 0.6) is 28.7 Å². The molecule has 0 bridgehead atoms. The third-order valence-corrected chi connectivity index (χ3v) is 8.76. The number of aliphatic hydroxyl groups is 2. The Balaban J connectivity index is 1.30. The van der Waals surface area contributed by atoms with Gasteiger partial charge < -0.3 is 62.7 Å². The van der Waals surface area contributed by atoms with E-state index in [9.17, 15) is 20.1 Å².